The molecule has 0 aliphatic heterocycles. The molecule has 1 aromatic carbocycles. The van der Waals surface area contributed by atoms with Crippen molar-refractivity contribution in [2.75, 3.05) is 0 Å². The fourth-order valence-electron chi connectivity index (χ4n) is 1.59. The maximum Gasteiger partial charge on any atom is 0.222 e. The van der Waals surface area contributed by atoms with Crippen molar-refractivity contribution >= 4 is 5.91 Å². The molecule has 1 rings (SSSR count). The molecule has 0 saturated heterocycles. The number of halogens is 1. The molecule has 94 valence electrons. The highest BCUT2D eigenvalue weighted by atomic mass is 19.1. The third-order valence-electron chi connectivity index (χ3n) is 2.72. The monoisotopic (exact) mass is 238 g/mol. The summed E-state index contributed by atoms with van der Waals surface area (Å²) >= 11 is 0. The highest BCUT2D eigenvalue weighted by Crippen LogP contribution is 2.16. The van der Waals surface area contributed by atoms with Crippen LogP contribution in [0.4, 0.5) is 4.39 Å². The molecule has 4 heteroatoms. The van der Waals surface area contributed by atoms with E-state index in [9.17, 15) is 9.18 Å². The van der Waals surface area contributed by atoms with Gasteiger partial charge in [0.2, 0.25) is 5.91 Å². The molecule has 1 amide bonds. The van der Waals surface area contributed by atoms with Crippen LogP contribution in [0.1, 0.15) is 38.3 Å². The van der Waals surface area contributed by atoms with Gasteiger partial charge in [0.25, 0.3) is 0 Å². The van der Waals surface area contributed by atoms with E-state index >= 15 is 0 Å². The second kappa shape index (κ2) is 6.35. The lowest BCUT2D eigenvalue weighted by atomic mass is 10.1. The highest BCUT2D eigenvalue weighted by molar-refractivity contribution is 5.77. The van der Waals surface area contributed by atoms with Gasteiger partial charge in [-0.25, -0.2) is 4.39 Å². The van der Waals surface area contributed by atoms with E-state index in [1.165, 1.54) is 6.07 Å². The van der Waals surface area contributed by atoms with Gasteiger partial charge in [0.05, 0.1) is 6.04 Å². The van der Waals surface area contributed by atoms with E-state index in [4.69, 9.17) is 5.73 Å². The van der Waals surface area contributed by atoms with Crippen molar-refractivity contribution in [3.05, 3.63) is 35.6 Å². The minimum absolute atomic E-state index is 0.136. The lowest BCUT2D eigenvalue weighted by molar-refractivity contribution is -0.122. The summed E-state index contributed by atoms with van der Waals surface area (Å²) in [6.45, 7) is 3.69. The van der Waals surface area contributed by atoms with Crippen molar-refractivity contribution in [3.63, 3.8) is 0 Å². The molecule has 0 aliphatic rings. The second-order valence-corrected chi connectivity index (χ2v) is 4.18. The average molecular weight is 238 g/mol. The number of carbonyl (C=O) groups is 1. The molecule has 0 saturated carbocycles. The van der Waals surface area contributed by atoms with Crippen LogP contribution in [0, 0.1) is 5.82 Å². The maximum absolute atomic E-state index is 13.4. The highest BCUT2D eigenvalue weighted by Gasteiger charge is 2.14. The topological polar surface area (TPSA) is 55.1 Å². The molecule has 0 bridgehead atoms. The van der Waals surface area contributed by atoms with E-state index in [2.05, 4.69) is 5.32 Å². The number of hydrogen-bond donors (Lipinski definition) is 2. The van der Waals surface area contributed by atoms with E-state index in [0.717, 1.165) is 6.42 Å². The van der Waals surface area contributed by atoms with Gasteiger partial charge in [-0.3, -0.25) is 4.79 Å². The van der Waals surface area contributed by atoms with Gasteiger partial charge in [-0.1, -0.05) is 25.1 Å². The number of amides is 1. The van der Waals surface area contributed by atoms with E-state index in [0.29, 0.717) is 5.56 Å². The molecule has 0 heterocycles. The first-order valence-corrected chi connectivity index (χ1v) is 5.84. The smallest absolute Gasteiger partial charge is 0.222 e. The average Bonchev–Trinajstić information content (AvgIpc) is 2.29. The van der Waals surface area contributed by atoms with Gasteiger partial charge in [0.15, 0.2) is 0 Å². The minimum Gasteiger partial charge on any atom is -0.349 e. The van der Waals surface area contributed by atoms with Gasteiger partial charge in [0, 0.05) is 18.0 Å². The molecule has 1 aromatic rings. The van der Waals surface area contributed by atoms with Crippen molar-refractivity contribution in [2.24, 2.45) is 5.73 Å². The Kier molecular flexibility index (Phi) is 5.10. The van der Waals surface area contributed by atoms with Crippen LogP contribution in [-0.2, 0) is 4.79 Å². The normalized spacial score (nSPS) is 14.1. The first kappa shape index (κ1) is 13.6. The van der Waals surface area contributed by atoms with E-state index in [1.54, 1.807) is 25.1 Å². The lowest BCUT2D eigenvalue weighted by Crippen LogP contribution is -2.33. The zero-order valence-corrected chi connectivity index (χ0v) is 10.2. The Labute approximate surface area is 101 Å². The molecule has 2 unspecified atom stereocenters. The van der Waals surface area contributed by atoms with Crippen LogP contribution < -0.4 is 11.1 Å². The van der Waals surface area contributed by atoms with Crippen LogP contribution in [0.5, 0.6) is 0 Å². The van der Waals surface area contributed by atoms with Gasteiger partial charge in [-0.15, -0.1) is 0 Å². The van der Waals surface area contributed by atoms with E-state index in [1.807, 2.05) is 6.92 Å². The molecule has 0 fully saturated rings. The van der Waals surface area contributed by atoms with Crippen molar-refractivity contribution in [2.45, 2.75) is 38.8 Å². The third-order valence-corrected chi connectivity index (χ3v) is 2.72. The quantitative estimate of drug-likeness (QED) is 0.825. The Morgan fingerprint density at radius 2 is 2.12 bits per heavy atom. The summed E-state index contributed by atoms with van der Waals surface area (Å²) in [5, 5.41) is 2.74. The zero-order chi connectivity index (χ0) is 12.8. The Hall–Kier alpha value is -1.42. The van der Waals surface area contributed by atoms with Crippen LogP contribution in [0.25, 0.3) is 0 Å². The van der Waals surface area contributed by atoms with Crippen molar-refractivity contribution in [1.29, 1.82) is 0 Å². The zero-order valence-electron chi connectivity index (χ0n) is 10.2. The molecule has 17 heavy (non-hydrogen) atoms. The number of hydrogen-bond acceptors (Lipinski definition) is 2. The summed E-state index contributed by atoms with van der Waals surface area (Å²) in [7, 11) is 0. The minimum atomic E-state index is -0.340. The fourth-order valence-corrected chi connectivity index (χ4v) is 1.59. The molecular weight excluding hydrogens is 219 g/mol. The standard InChI is InChI=1S/C13H19FN2O/c1-3-10(15)8-13(17)16-9(2)11-6-4-5-7-12(11)14/h4-7,9-10H,3,8,15H2,1-2H3,(H,16,17). The summed E-state index contributed by atoms with van der Waals surface area (Å²) < 4.78 is 13.4. The Morgan fingerprint density at radius 1 is 1.47 bits per heavy atom. The summed E-state index contributed by atoms with van der Waals surface area (Å²) in [6, 6.07) is 5.95. The fraction of sp³-hybridized carbons (Fsp3) is 0.462. The number of carbonyl (C=O) groups excluding carboxylic acids is 1. The Balaban J connectivity index is 2.58. The number of nitrogens with two attached hydrogens (primary N) is 1. The van der Waals surface area contributed by atoms with Crippen molar-refractivity contribution in [3.8, 4) is 0 Å². The third kappa shape index (κ3) is 4.15. The molecule has 0 radical (unpaired) electrons. The summed E-state index contributed by atoms with van der Waals surface area (Å²) in [5.41, 5.74) is 6.17. The molecule has 0 aliphatic carbocycles. The SMILES string of the molecule is CCC(N)CC(=O)NC(C)c1ccccc1F. The number of benzene rings is 1. The van der Waals surface area contributed by atoms with Gasteiger partial charge in [0.1, 0.15) is 5.82 Å². The molecule has 2 atom stereocenters. The second-order valence-electron chi connectivity index (χ2n) is 4.18. The van der Waals surface area contributed by atoms with E-state index in [-0.39, 0.29) is 30.2 Å². The van der Waals surface area contributed by atoms with Crippen LogP contribution >= 0.6 is 0 Å². The maximum atomic E-state index is 13.4. The Bertz CT molecular complexity index is 381. The van der Waals surface area contributed by atoms with Crippen LogP contribution in [0.15, 0.2) is 24.3 Å². The molecule has 0 aromatic heterocycles. The van der Waals surface area contributed by atoms with Gasteiger partial charge in [-0.05, 0) is 19.4 Å². The number of rotatable bonds is 5. The largest absolute Gasteiger partial charge is 0.349 e. The van der Waals surface area contributed by atoms with Crippen LogP contribution in [0.3, 0.4) is 0 Å². The molecule has 3 nitrogen and oxygen atoms in total. The van der Waals surface area contributed by atoms with Gasteiger partial charge >= 0.3 is 0 Å². The summed E-state index contributed by atoms with van der Waals surface area (Å²) in [4.78, 5) is 11.6. The molecular formula is C13H19FN2O. The lowest BCUT2D eigenvalue weighted by Gasteiger charge is -2.16. The first-order valence-electron chi connectivity index (χ1n) is 5.84. The van der Waals surface area contributed by atoms with Gasteiger partial charge < -0.3 is 11.1 Å². The predicted octanol–water partition coefficient (Wildman–Crippen LogP) is 2.13. The predicted molar refractivity (Wildman–Crippen MR) is 65.8 cm³/mol. The molecule has 0 spiro atoms. The van der Waals surface area contributed by atoms with Crippen LogP contribution in [-0.4, -0.2) is 11.9 Å². The molecule has 3 N–H and O–H groups in total. The van der Waals surface area contributed by atoms with Crippen molar-refractivity contribution in [1.82, 2.24) is 5.32 Å². The summed E-state index contributed by atoms with van der Waals surface area (Å²) in [6.07, 6.45) is 1.02. The number of nitrogens with one attached hydrogen (secondary N) is 1. The Morgan fingerprint density at radius 3 is 2.71 bits per heavy atom. The van der Waals surface area contributed by atoms with E-state index < -0.39 is 0 Å². The first-order chi connectivity index (χ1) is 8.04. The van der Waals surface area contributed by atoms with Gasteiger partial charge in [-0.2, -0.15) is 0 Å². The van der Waals surface area contributed by atoms with Crippen LogP contribution in [0.2, 0.25) is 0 Å². The summed E-state index contributed by atoms with van der Waals surface area (Å²) in [5.74, 6) is -0.449. The van der Waals surface area contributed by atoms with Crippen molar-refractivity contribution < 1.29 is 9.18 Å².